The van der Waals surface area contributed by atoms with Gasteiger partial charge in [-0.15, -0.1) is 0 Å². The fourth-order valence-electron chi connectivity index (χ4n) is 2.21. The zero-order chi connectivity index (χ0) is 12.6. The normalized spacial score (nSPS) is 23.8. The number of aliphatic hydroxyl groups is 1. The average Bonchev–Trinajstić information content (AvgIpc) is 2.82. The van der Waals surface area contributed by atoms with E-state index in [2.05, 4.69) is 19.2 Å². The van der Waals surface area contributed by atoms with Crippen LogP contribution in [-0.2, 0) is 4.74 Å². The summed E-state index contributed by atoms with van der Waals surface area (Å²) in [7, 11) is 0. The Balaban J connectivity index is 2.01. The quantitative estimate of drug-likeness (QED) is 0.623. The molecule has 0 radical (unpaired) electrons. The molecule has 0 amide bonds. The van der Waals surface area contributed by atoms with Crippen LogP contribution in [0.25, 0.3) is 0 Å². The Morgan fingerprint density at radius 1 is 1.53 bits per heavy atom. The van der Waals surface area contributed by atoms with Crippen LogP contribution in [0.3, 0.4) is 0 Å². The molecule has 1 heterocycles. The van der Waals surface area contributed by atoms with Gasteiger partial charge in [-0.3, -0.25) is 0 Å². The van der Waals surface area contributed by atoms with Gasteiger partial charge in [-0.2, -0.15) is 11.8 Å². The van der Waals surface area contributed by atoms with Gasteiger partial charge >= 0.3 is 0 Å². The molecule has 0 saturated carbocycles. The van der Waals surface area contributed by atoms with Gasteiger partial charge in [0.2, 0.25) is 0 Å². The van der Waals surface area contributed by atoms with Crippen LogP contribution in [0, 0.1) is 0 Å². The molecule has 4 heteroatoms. The molecule has 0 aromatic heterocycles. The number of hydrogen-bond donors (Lipinski definition) is 2. The van der Waals surface area contributed by atoms with Crippen molar-refractivity contribution in [2.75, 3.05) is 31.3 Å². The first kappa shape index (κ1) is 15.3. The van der Waals surface area contributed by atoms with Crippen LogP contribution in [0.5, 0.6) is 0 Å². The number of aliphatic hydroxyl groups excluding tert-OH is 1. The molecule has 1 rings (SSSR count). The molecular weight excluding hydrogens is 234 g/mol. The summed E-state index contributed by atoms with van der Waals surface area (Å²) in [4.78, 5) is 0. The van der Waals surface area contributed by atoms with E-state index < -0.39 is 0 Å². The van der Waals surface area contributed by atoms with Crippen LogP contribution in [-0.4, -0.2) is 48.0 Å². The summed E-state index contributed by atoms with van der Waals surface area (Å²) < 4.78 is 5.59. The van der Waals surface area contributed by atoms with Crippen molar-refractivity contribution in [2.24, 2.45) is 0 Å². The predicted octanol–water partition coefficient (Wildman–Crippen LogP) is 2.04. The second-order valence-electron chi connectivity index (χ2n) is 5.06. The Morgan fingerprint density at radius 3 is 2.94 bits per heavy atom. The van der Waals surface area contributed by atoms with Crippen molar-refractivity contribution in [1.82, 2.24) is 5.32 Å². The van der Waals surface area contributed by atoms with Crippen LogP contribution in [0.2, 0.25) is 0 Å². The number of rotatable bonds is 9. The minimum Gasteiger partial charge on any atom is -0.394 e. The topological polar surface area (TPSA) is 41.5 Å². The summed E-state index contributed by atoms with van der Waals surface area (Å²) in [6.45, 7) is 6.27. The van der Waals surface area contributed by atoms with Crippen LogP contribution in [0.4, 0.5) is 0 Å². The van der Waals surface area contributed by atoms with Gasteiger partial charge in [-0.25, -0.2) is 0 Å². The summed E-state index contributed by atoms with van der Waals surface area (Å²) in [6, 6.07) is 0. The van der Waals surface area contributed by atoms with Crippen molar-refractivity contribution >= 4 is 11.8 Å². The summed E-state index contributed by atoms with van der Waals surface area (Å²) >= 11 is 1.99. The fourth-order valence-corrected chi connectivity index (χ4v) is 3.25. The van der Waals surface area contributed by atoms with Crippen molar-refractivity contribution in [1.29, 1.82) is 0 Å². The molecule has 0 aromatic carbocycles. The number of thioether (sulfide) groups is 1. The third-order valence-corrected chi connectivity index (χ3v) is 4.48. The molecule has 102 valence electrons. The second-order valence-corrected chi connectivity index (χ2v) is 6.21. The van der Waals surface area contributed by atoms with Crippen molar-refractivity contribution < 1.29 is 9.84 Å². The molecule has 1 fully saturated rings. The molecule has 3 nitrogen and oxygen atoms in total. The zero-order valence-corrected chi connectivity index (χ0v) is 12.0. The Hall–Kier alpha value is 0.230. The third kappa shape index (κ3) is 6.09. The van der Waals surface area contributed by atoms with E-state index in [1.807, 2.05) is 11.8 Å². The lowest BCUT2D eigenvalue weighted by Crippen LogP contribution is -2.45. The maximum atomic E-state index is 9.36. The number of likely N-dealkylation sites (N-methyl/N-ethyl adjacent to an activating group) is 1. The Kier molecular flexibility index (Phi) is 7.51. The van der Waals surface area contributed by atoms with Gasteiger partial charge < -0.3 is 15.2 Å². The lowest BCUT2D eigenvalue weighted by atomic mass is 9.97. The summed E-state index contributed by atoms with van der Waals surface area (Å²) in [5.41, 5.74) is -0.0980. The first-order valence-electron chi connectivity index (χ1n) is 6.75. The van der Waals surface area contributed by atoms with Gasteiger partial charge in [0.05, 0.1) is 12.7 Å². The molecule has 17 heavy (non-hydrogen) atoms. The SMILES string of the molecule is CCNC(C)(CO)CCCSCC1CCCO1. The van der Waals surface area contributed by atoms with Gasteiger partial charge in [0, 0.05) is 17.9 Å². The van der Waals surface area contributed by atoms with E-state index >= 15 is 0 Å². The van der Waals surface area contributed by atoms with Gasteiger partial charge in [0.1, 0.15) is 0 Å². The van der Waals surface area contributed by atoms with E-state index in [1.54, 1.807) is 0 Å². The largest absolute Gasteiger partial charge is 0.394 e. The highest BCUT2D eigenvalue weighted by Crippen LogP contribution is 2.19. The van der Waals surface area contributed by atoms with E-state index in [-0.39, 0.29) is 12.1 Å². The summed E-state index contributed by atoms with van der Waals surface area (Å²) in [6.07, 6.45) is 5.16. The van der Waals surface area contributed by atoms with Crippen LogP contribution >= 0.6 is 11.8 Å². The number of hydrogen-bond acceptors (Lipinski definition) is 4. The molecule has 1 aliphatic heterocycles. The Labute approximate surface area is 110 Å². The first-order valence-corrected chi connectivity index (χ1v) is 7.91. The second kappa shape index (κ2) is 8.35. The van der Waals surface area contributed by atoms with E-state index in [1.165, 1.54) is 18.6 Å². The van der Waals surface area contributed by atoms with Crippen molar-refractivity contribution in [3.8, 4) is 0 Å². The van der Waals surface area contributed by atoms with Crippen LogP contribution in [0.1, 0.15) is 39.5 Å². The Bertz CT molecular complexity index is 198. The van der Waals surface area contributed by atoms with Gasteiger partial charge in [0.15, 0.2) is 0 Å². The molecule has 0 aliphatic carbocycles. The molecule has 2 unspecified atom stereocenters. The van der Waals surface area contributed by atoms with E-state index in [0.29, 0.717) is 6.10 Å². The molecular formula is C13H27NO2S. The molecule has 1 saturated heterocycles. The monoisotopic (exact) mass is 261 g/mol. The average molecular weight is 261 g/mol. The lowest BCUT2D eigenvalue weighted by molar-refractivity contribution is 0.129. The Morgan fingerprint density at radius 2 is 2.35 bits per heavy atom. The molecule has 0 aromatic rings. The third-order valence-electron chi connectivity index (χ3n) is 3.30. The van der Waals surface area contributed by atoms with E-state index in [0.717, 1.165) is 31.7 Å². The summed E-state index contributed by atoms with van der Waals surface area (Å²) in [5.74, 6) is 2.30. The maximum Gasteiger partial charge on any atom is 0.0666 e. The highest BCUT2D eigenvalue weighted by atomic mass is 32.2. The van der Waals surface area contributed by atoms with Gasteiger partial charge in [-0.05, 0) is 44.9 Å². The zero-order valence-electron chi connectivity index (χ0n) is 11.2. The number of ether oxygens (including phenoxy) is 1. The van der Waals surface area contributed by atoms with Crippen molar-refractivity contribution in [2.45, 2.75) is 51.2 Å². The molecule has 2 atom stereocenters. The van der Waals surface area contributed by atoms with E-state index in [9.17, 15) is 5.11 Å². The van der Waals surface area contributed by atoms with Gasteiger partial charge in [-0.1, -0.05) is 6.92 Å². The smallest absolute Gasteiger partial charge is 0.0666 e. The number of nitrogens with one attached hydrogen (secondary N) is 1. The lowest BCUT2D eigenvalue weighted by Gasteiger charge is -2.28. The molecule has 1 aliphatic rings. The molecule has 2 N–H and O–H groups in total. The van der Waals surface area contributed by atoms with Crippen molar-refractivity contribution in [3.05, 3.63) is 0 Å². The fraction of sp³-hybridized carbons (Fsp3) is 1.00. The van der Waals surface area contributed by atoms with E-state index in [4.69, 9.17) is 4.74 Å². The predicted molar refractivity (Wildman–Crippen MR) is 74.7 cm³/mol. The standard InChI is InChI=1S/C13H27NO2S/c1-3-14-13(2,11-15)7-5-9-17-10-12-6-4-8-16-12/h12,14-15H,3-11H2,1-2H3. The first-order chi connectivity index (χ1) is 8.20. The minimum atomic E-state index is -0.0980. The van der Waals surface area contributed by atoms with Crippen LogP contribution in [0.15, 0.2) is 0 Å². The molecule has 0 bridgehead atoms. The van der Waals surface area contributed by atoms with Gasteiger partial charge in [0.25, 0.3) is 0 Å². The van der Waals surface area contributed by atoms with Crippen LogP contribution < -0.4 is 5.32 Å². The molecule has 0 spiro atoms. The summed E-state index contributed by atoms with van der Waals surface area (Å²) in [5, 5.41) is 12.7. The maximum absolute atomic E-state index is 9.36. The minimum absolute atomic E-state index is 0.0980. The highest BCUT2D eigenvalue weighted by molar-refractivity contribution is 7.99. The van der Waals surface area contributed by atoms with Crippen molar-refractivity contribution in [3.63, 3.8) is 0 Å². The highest BCUT2D eigenvalue weighted by Gasteiger charge is 2.21.